The van der Waals surface area contributed by atoms with Gasteiger partial charge in [-0.2, -0.15) is 5.10 Å². The van der Waals surface area contributed by atoms with Gasteiger partial charge in [-0.1, -0.05) is 36.4 Å². The van der Waals surface area contributed by atoms with Crippen LogP contribution in [0.3, 0.4) is 0 Å². The van der Waals surface area contributed by atoms with E-state index in [-0.39, 0.29) is 5.91 Å². The van der Waals surface area contributed by atoms with E-state index in [1.165, 1.54) is 0 Å². The van der Waals surface area contributed by atoms with Crippen LogP contribution in [-0.2, 0) is 11.2 Å². The Bertz CT molecular complexity index is 814. The molecule has 2 aromatic carbocycles. The molecule has 5 nitrogen and oxygen atoms in total. The molecule has 0 saturated carbocycles. The number of rotatable bonds is 8. The number of likely N-dealkylation sites (N-methyl/N-ethyl adjacent to an activating group) is 1. The number of aromatic nitrogens is 2. The monoisotopic (exact) mass is 348 g/mol. The van der Waals surface area contributed by atoms with E-state index in [2.05, 4.69) is 27.4 Å². The number of para-hydroxylation sites is 2. The second-order valence-corrected chi connectivity index (χ2v) is 6.24. The third kappa shape index (κ3) is 4.96. The first-order valence-corrected chi connectivity index (χ1v) is 8.84. The average molecular weight is 348 g/mol. The predicted octanol–water partition coefficient (Wildman–Crippen LogP) is 3.06. The summed E-state index contributed by atoms with van der Waals surface area (Å²) in [5.74, 6) is 0.0684. The Hall–Kier alpha value is -3.08. The molecule has 1 amide bonds. The largest absolute Gasteiger partial charge is 0.373 e. The number of carbonyl (C=O) groups is 1. The van der Waals surface area contributed by atoms with Gasteiger partial charge in [0.1, 0.15) is 0 Å². The molecule has 0 bridgehead atoms. The van der Waals surface area contributed by atoms with Crippen molar-refractivity contribution in [1.82, 2.24) is 15.1 Å². The minimum absolute atomic E-state index is 0.0684. The van der Waals surface area contributed by atoms with E-state index in [0.29, 0.717) is 19.4 Å². The SMILES string of the molecule is CN(CCNC(=O)CCc1cnn(-c2ccccc2)c1)c1ccccc1. The minimum Gasteiger partial charge on any atom is -0.373 e. The Morgan fingerprint density at radius 3 is 2.50 bits per heavy atom. The maximum Gasteiger partial charge on any atom is 0.220 e. The van der Waals surface area contributed by atoms with Crippen LogP contribution in [0.2, 0.25) is 0 Å². The molecule has 0 spiro atoms. The number of nitrogens with one attached hydrogen (secondary N) is 1. The Labute approximate surface area is 154 Å². The van der Waals surface area contributed by atoms with Gasteiger partial charge in [0.2, 0.25) is 5.91 Å². The zero-order valence-electron chi connectivity index (χ0n) is 15.0. The Balaban J connectivity index is 1.40. The quantitative estimate of drug-likeness (QED) is 0.681. The van der Waals surface area contributed by atoms with E-state index >= 15 is 0 Å². The summed E-state index contributed by atoms with van der Waals surface area (Å²) >= 11 is 0. The molecule has 3 rings (SSSR count). The van der Waals surface area contributed by atoms with Gasteiger partial charge in [0.15, 0.2) is 0 Å². The molecule has 1 aromatic heterocycles. The zero-order valence-corrected chi connectivity index (χ0v) is 15.0. The molecule has 5 heteroatoms. The smallest absolute Gasteiger partial charge is 0.220 e. The third-order valence-corrected chi connectivity index (χ3v) is 4.26. The highest BCUT2D eigenvalue weighted by Crippen LogP contribution is 2.10. The van der Waals surface area contributed by atoms with Gasteiger partial charge in [0, 0.05) is 38.4 Å². The molecule has 0 aliphatic carbocycles. The summed E-state index contributed by atoms with van der Waals surface area (Å²) < 4.78 is 1.84. The van der Waals surface area contributed by atoms with Crippen molar-refractivity contribution in [2.75, 3.05) is 25.0 Å². The van der Waals surface area contributed by atoms with Crippen LogP contribution in [0.15, 0.2) is 73.1 Å². The van der Waals surface area contributed by atoms with Crippen molar-refractivity contribution in [2.24, 2.45) is 0 Å². The van der Waals surface area contributed by atoms with Gasteiger partial charge in [-0.25, -0.2) is 4.68 Å². The summed E-state index contributed by atoms with van der Waals surface area (Å²) in [6.45, 7) is 1.41. The molecule has 0 atom stereocenters. The van der Waals surface area contributed by atoms with E-state index < -0.39 is 0 Å². The van der Waals surface area contributed by atoms with Gasteiger partial charge in [0.25, 0.3) is 0 Å². The molecule has 1 N–H and O–H groups in total. The Kier molecular flexibility index (Phi) is 6.04. The van der Waals surface area contributed by atoms with E-state index in [1.54, 1.807) is 0 Å². The van der Waals surface area contributed by atoms with E-state index in [9.17, 15) is 4.79 Å². The fourth-order valence-corrected chi connectivity index (χ4v) is 2.73. The summed E-state index contributed by atoms with van der Waals surface area (Å²) in [5, 5.41) is 7.35. The highest BCUT2D eigenvalue weighted by molar-refractivity contribution is 5.76. The molecule has 0 saturated heterocycles. The highest BCUT2D eigenvalue weighted by Gasteiger charge is 2.06. The second-order valence-electron chi connectivity index (χ2n) is 6.24. The van der Waals surface area contributed by atoms with Crippen molar-refractivity contribution in [3.63, 3.8) is 0 Å². The standard InChI is InChI=1S/C21H24N4O/c1-24(19-8-4-2-5-9-19)15-14-22-21(26)13-12-18-16-23-25(17-18)20-10-6-3-7-11-20/h2-11,16-17H,12-15H2,1H3,(H,22,26). The van der Waals surface area contributed by atoms with Gasteiger partial charge in [-0.3, -0.25) is 4.79 Å². The van der Waals surface area contributed by atoms with Gasteiger partial charge in [-0.15, -0.1) is 0 Å². The highest BCUT2D eigenvalue weighted by atomic mass is 16.1. The fraction of sp³-hybridized carbons (Fsp3) is 0.238. The van der Waals surface area contributed by atoms with Gasteiger partial charge >= 0.3 is 0 Å². The third-order valence-electron chi connectivity index (χ3n) is 4.26. The molecule has 134 valence electrons. The number of carbonyl (C=O) groups excluding carboxylic acids is 1. The van der Waals surface area contributed by atoms with Crippen LogP contribution >= 0.6 is 0 Å². The fourth-order valence-electron chi connectivity index (χ4n) is 2.73. The first-order chi connectivity index (χ1) is 12.7. The molecule has 1 heterocycles. The summed E-state index contributed by atoms with van der Waals surface area (Å²) in [4.78, 5) is 14.2. The van der Waals surface area contributed by atoms with Gasteiger partial charge in [-0.05, 0) is 36.2 Å². The molecule has 0 aliphatic rings. The van der Waals surface area contributed by atoms with E-state index in [4.69, 9.17) is 0 Å². The van der Waals surface area contributed by atoms with Crippen molar-refractivity contribution in [2.45, 2.75) is 12.8 Å². The number of hydrogen-bond acceptors (Lipinski definition) is 3. The van der Waals surface area contributed by atoms with Crippen LogP contribution in [0, 0.1) is 0 Å². The summed E-state index contributed by atoms with van der Waals surface area (Å²) in [6.07, 6.45) is 4.96. The van der Waals surface area contributed by atoms with Gasteiger partial charge < -0.3 is 10.2 Å². The lowest BCUT2D eigenvalue weighted by Gasteiger charge is -2.19. The Morgan fingerprint density at radius 2 is 1.77 bits per heavy atom. The second kappa shape index (κ2) is 8.85. The maximum absolute atomic E-state index is 12.1. The number of hydrogen-bond donors (Lipinski definition) is 1. The number of benzene rings is 2. The normalized spacial score (nSPS) is 10.5. The van der Waals surface area contributed by atoms with Crippen LogP contribution < -0.4 is 10.2 Å². The summed E-state index contributed by atoms with van der Waals surface area (Å²) in [5.41, 5.74) is 3.23. The number of nitrogens with zero attached hydrogens (tertiary/aromatic N) is 3. The molecule has 0 fully saturated rings. The van der Waals surface area contributed by atoms with E-state index in [1.807, 2.05) is 72.7 Å². The van der Waals surface area contributed by atoms with Crippen molar-refractivity contribution < 1.29 is 4.79 Å². The lowest BCUT2D eigenvalue weighted by atomic mass is 10.2. The first-order valence-electron chi connectivity index (χ1n) is 8.84. The maximum atomic E-state index is 12.1. The topological polar surface area (TPSA) is 50.2 Å². The molecule has 0 unspecified atom stereocenters. The average Bonchev–Trinajstić information content (AvgIpc) is 3.17. The molecular weight excluding hydrogens is 324 g/mol. The van der Waals surface area contributed by atoms with Crippen molar-refractivity contribution in [3.8, 4) is 5.69 Å². The number of anilines is 1. The van der Waals surface area contributed by atoms with Crippen LogP contribution in [-0.4, -0.2) is 35.8 Å². The van der Waals surface area contributed by atoms with Gasteiger partial charge in [0.05, 0.1) is 11.9 Å². The molecular formula is C21H24N4O. The predicted molar refractivity (Wildman–Crippen MR) is 105 cm³/mol. The number of amides is 1. The number of aryl methyl sites for hydroxylation is 1. The lowest BCUT2D eigenvalue weighted by Crippen LogP contribution is -2.33. The van der Waals surface area contributed by atoms with Crippen molar-refractivity contribution >= 4 is 11.6 Å². The summed E-state index contributed by atoms with van der Waals surface area (Å²) in [6, 6.07) is 20.1. The van der Waals surface area contributed by atoms with Crippen LogP contribution in [0.25, 0.3) is 5.69 Å². The molecule has 0 radical (unpaired) electrons. The first kappa shape index (κ1) is 17.7. The summed E-state index contributed by atoms with van der Waals surface area (Å²) in [7, 11) is 2.03. The Morgan fingerprint density at radius 1 is 1.08 bits per heavy atom. The van der Waals surface area contributed by atoms with Crippen LogP contribution in [0.4, 0.5) is 5.69 Å². The van der Waals surface area contributed by atoms with Crippen molar-refractivity contribution in [3.05, 3.63) is 78.6 Å². The molecule has 3 aromatic rings. The zero-order chi connectivity index (χ0) is 18.2. The minimum atomic E-state index is 0.0684. The lowest BCUT2D eigenvalue weighted by molar-refractivity contribution is -0.120. The van der Waals surface area contributed by atoms with Crippen LogP contribution in [0.5, 0.6) is 0 Å². The van der Waals surface area contributed by atoms with E-state index in [0.717, 1.165) is 23.5 Å². The van der Waals surface area contributed by atoms with Crippen molar-refractivity contribution in [1.29, 1.82) is 0 Å². The molecule has 26 heavy (non-hydrogen) atoms. The molecule has 0 aliphatic heterocycles. The van der Waals surface area contributed by atoms with Crippen LogP contribution in [0.1, 0.15) is 12.0 Å².